The van der Waals surface area contributed by atoms with Crippen LogP contribution in [-0.2, 0) is 10.3 Å². The van der Waals surface area contributed by atoms with Crippen LogP contribution in [0.3, 0.4) is 0 Å². The highest BCUT2D eigenvalue weighted by atomic mass is 16.3. The van der Waals surface area contributed by atoms with Crippen molar-refractivity contribution in [2.45, 2.75) is 46.6 Å². The molecule has 0 fully saturated rings. The first-order valence-corrected chi connectivity index (χ1v) is 7.16. The van der Waals surface area contributed by atoms with Crippen LogP contribution >= 0.6 is 0 Å². The summed E-state index contributed by atoms with van der Waals surface area (Å²) >= 11 is 0. The Balaban J connectivity index is 2.77. The van der Waals surface area contributed by atoms with Gasteiger partial charge in [-0.2, -0.15) is 0 Å². The lowest BCUT2D eigenvalue weighted by molar-refractivity contribution is -0.125. The van der Waals surface area contributed by atoms with E-state index in [-0.39, 0.29) is 23.8 Å². The highest BCUT2D eigenvalue weighted by Gasteiger charge is 2.29. The van der Waals surface area contributed by atoms with E-state index in [0.717, 1.165) is 5.56 Å². The predicted octanol–water partition coefficient (Wildman–Crippen LogP) is 3.08. The number of rotatable bonds is 5. The number of benzene rings is 1. The van der Waals surface area contributed by atoms with E-state index < -0.39 is 5.54 Å². The summed E-state index contributed by atoms with van der Waals surface area (Å²) in [5.41, 5.74) is 0.287. The molecule has 0 aromatic heterocycles. The fraction of sp³-hybridized carbons (Fsp3) is 0.588. The van der Waals surface area contributed by atoms with Gasteiger partial charge < -0.3 is 10.4 Å². The van der Waals surface area contributed by atoms with E-state index in [9.17, 15) is 9.90 Å². The molecule has 20 heavy (non-hydrogen) atoms. The van der Waals surface area contributed by atoms with Gasteiger partial charge in [-0.1, -0.05) is 58.0 Å². The summed E-state index contributed by atoms with van der Waals surface area (Å²) in [4.78, 5) is 12.2. The third-order valence-electron chi connectivity index (χ3n) is 4.11. The highest BCUT2D eigenvalue weighted by molar-refractivity contribution is 5.77. The number of carbonyl (C=O) groups is 1. The Hall–Kier alpha value is -1.35. The molecule has 2 unspecified atom stereocenters. The van der Waals surface area contributed by atoms with Gasteiger partial charge in [-0.25, -0.2) is 0 Å². The first-order valence-electron chi connectivity index (χ1n) is 7.16. The van der Waals surface area contributed by atoms with Gasteiger partial charge in [0.2, 0.25) is 5.91 Å². The second-order valence-electron chi connectivity index (χ2n) is 6.88. The Bertz CT molecular complexity index is 436. The average Bonchev–Trinajstić information content (AvgIpc) is 2.38. The van der Waals surface area contributed by atoms with E-state index in [1.165, 1.54) is 0 Å². The number of aliphatic hydroxyl groups excluding tert-OH is 1. The zero-order valence-electron chi connectivity index (χ0n) is 13.2. The van der Waals surface area contributed by atoms with Gasteiger partial charge in [-0.3, -0.25) is 4.79 Å². The molecule has 0 bridgehead atoms. The maximum atomic E-state index is 12.2. The average molecular weight is 277 g/mol. The van der Waals surface area contributed by atoms with Gasteiger partial charge in [0.05, 0.1) is 12.1 Å². The Labute approximate surface area is 122 Å². The Kier molecular flexibility index (Phi) is 5.35. The molecule has 1 rings (SSSR count). The van der Waals surface area contributed by atoms with Gasteiger partial charge >= 0.3 is 0 Å². The maximum Gasteiger partial charge on any atom is 0.221 e. The Morgan fingerprint density at radius 2 is 1.75 bits per heavy atom. The number of nitrogens with one attached hydrogen (secondary N) is 1. The molecule has 1 aromatic rings. The summed E-state index contributed by atoms with van der Waals surface area (Å²) in [6.07, 6.45) is 0.464. The van der Waals surface area contributed by atoms with Crippen molar-refractivity contribution in [1.82, 2.24) is 5.32 Å². The van der Waals surface area contributed by atoms with Crippen LogP contribution in [0.5, 0.6) is 0 Å². The Morgan fingerprint density at radius 3 is 2.20 bits per heavy atom. The molecule has 0 aliphatic carbocycles. The van der Waals surface area contributed by atoms with Crippen molar-refractivity contribution in [1.29, 1.82) is 0 Å². The Morgan fingerprint density at radius 1 is 1.20 bits per heavy atom. The zero-order valence-corrected chi connectivity index (χ0v) is 13.2. The molecule has 0 aliphatic rings. The smallest absolute Gasteiger partial charge is 0.221 e. The number of carbonyl (C=O) groups excluding carboxylic acids is 1. The third kappa shape index (κ3) is 4.34. The van der Waals surface area contributed by atoms with Crippen LogP contribution < -0.4 is 5.32 Å². The molecular weight excluding hydrogens is 250 g/mol. The summed E-state index contributed by atoms with van der Waals surface area (Å²) in [6.45, 7) is 10.2. The van der Waals surface area contributed by atoms with E-state index in [0.29, 0.717) is 6.42 Å². The summed E-state index contributed by atoms with van der Waals surface area (Å²) in [6, 6.07) is 9.58. The van der Waals surface area contributed by atoms with Gasteiger partial charge in [0.25, 0.3) is 0 Å². The van der Waals surface area contributed by atoms with Crippen LogP contribution in [-0.4, -0.2) is 17.6 Å². The van der Waals surface area contributed by atoms with Crippen LogP contribution in [0.25, 0.3) is 0 Å². The van der Waals surface area contributed by atoms with E-state index in [1.54, 1.807) is 0 Å². The lowest BCUT2D eigenvalue weighted by Crippen LogP contribution is -2.47. The number of aliphatic hydroxyl groups is 1. The number of hydrogen-bond donors (Lipinski definition) is 2. The van der Waals surface area contributed by atoms with Crippen molar-refractivity contribution in [2.75, 3.05) is 6.61 Å². The van der Waals surface area contributed by atoms with Gasteiger partial charge in [-0.15, -0.1) is 0 Å². The normalized spacial score (nSPS) is 16.3. The molecule has 0 spiro atoms. The molecule has 0 aliphatic heterocycles. The molecule has 0 saturated carbocycles. The van der Waals surface area contributed by atoms with Crippen molar-refractivity contribution in [2.24, 2.45) is 11.3 Å². The maximum absolute atomic E-state index is 12.2. The van der Waals surface area contributed by atoms with Gasteiger partial charge in [0.1, 0.15) is 0 Å². The molecule has 0 radical (unpaired) electrons. The van der Waals surface area contributed by atoms with E-state index >= 15 is 0 Å². The van der Waals surface area contributed by atoms with Gasteiger partial charge in [0, 0.05) is 6.42 Å². The van der Waals surface area contributed by atoms with Gasteiger partial charge in [0.15, 0.2) is 0 Å². The largest absolute Gasteiger partial charge is 0.394 e. The lowest BCUT2D eigenvalue weighted by Gasteiger charge is -2.32. The molecule has 0 saturated heterocycles. The number of hydrogen-bond acceptors (Lipinski definition) is 2. The predicted molar refractivity (Wildman–Crippen MR) is 82.3 cm³/mol. The standard InChI is InChI=1S/C17H27NO2/c1-13(16(2,3)4)11-15(20)18-17(5,12-19)14-9-7-6-8-10-14/h6-10,13,19H,11-12H2,1-5H3,(H,18,20). The SMILES string of the molecule is CC(CC(=O)NC(C)(CO)c1ccccc1)C(C)(C)C. The molecule has 3 nitrogen and oxygen atoms in total. The summed E-state index contributed by atoms with van der Waals surface area (Å²) < 4.78 is 0. The topological polar surface area (TPSA) is 49.3 Å². The van der Waals surface area contributed by atoms with Crippen LogP contribution in [0, 0.1) is 11.3 Å². The van der Waals surface area contributed by atoms with E-state index in [4.69, 9.17) is 0 Å². The number of amides is 1. The van der Waals surface area contributed by atoms with Crippen LogP contribution in [0.1, 0.15) is 46.6 Å². The van der Waals surface area contributed by atoms with Crippen LogP contribution in [0.2, 0.25) is 0 Å². The van der Waals surface area contributed by atoms with Crippen molar-refractivity contribution in [3.8, 4) is 0 Å². The second-order valence-corrected chi connectivity index (χ2v) is 6.88. The molecular formula is C17H27NO2. The monoisotopic (exact) mass is 277 g/mol. The van der Waals surface area contributed by atoms with Crippen molar-refractivity contribution >= 4 is 5.91 Å². The van der Waals surface area contributed by atoms with Crippen molar-refractivity contribution < 1.29 is 9.90 Å². The third-order valence-corrected chi connectivity index (χ3v) is 4.11. The minimum atomic E-state index is -0.726. The molecule has 112 valence electrons. The minimum absolute atomic E-state index is 0.0205. The van der Waals surface area contributed by atoms with Crippen molar-refractivity contribution in [3.05, 3.63) is 35.9 Å². The fourth-order valence-corrected chi connectivity index (χ4v) is 1.95. The summed E-state index contributed by atoms with van der Waals surface area (Å²) in [5.74, 6) is 0.258. The molecule has 1 aromatic carbocycles. The minimum Gasteiger partial charge on any atom is -0.394 e. The van der Waals surface area contributed by atoms with Crippen LogP contribution in [0.15, 0.2) is 30.3 Å². The fourth-order valence-electron chi connectivity index (χ4n) is 1.95. The zero-order chi connectivity index (χ0) is 15.4. The molecule has 2 N–H and O–H groups in total. The molecule has 2 atom stereocenters. The first kappa shape index (κ1) is 16.7. The van der Waals surface area contributed by atoms with Gasteiger partial charge in [-0.05, 0) is 23.8 Å². The van der Waals surface area contributed by atoms with Crippen LogP contribution in [0.4, 0.5) is 0 Å². The van der Waals surface area contributed by atoms with E-state index in [1.807, 2.05) is 37.3 Å². The molecule has 1 amide bonds. The first-order chi connectivity index (χ1) is 9.19. The lowest BCUT2D eigenvalue weighted by atomic mass is 9.80. The van der Waals surface area contributed by atoms with Crippen molar-refractivity contribution in [3.63, 3.8) is 0 Å². The summed E-state index contributed by atoms with van der Waals surface area (Å²) in [5, 5.41) is 12.6. The summed E-state index contributed by atoms with van der Waals surface area (Å²) in [7, 11) is 0. The second kappa shape index (κ2) is 6.40. The quantitative estimate of drug-likeness (QED) is 0.869. The molecule has 0 heterocycles. The van der Waals surface area contributed by atoms with E-state index in [2.05, 4.69) is 33.0 Å². The highest BCUT2D eigenvalue weighted by Crippen LogP contribution is 2.28. The molecule has 3 heteroatoms.